The van der Waals surface area contributed by atoms with Crippen LogP contribution in [0.5, 0.6) is 17.2 Å². The van der Waals surface area contributed by atoms with Crippen molar-refractivity contribution in [3.8, 4) is 17.2 Å². The van der Waals surface area contributed by atoms with Gasteiger partial charge in [-0.2, -0.15) is 9.37 Å². The highest BCUT2D eigenvalue weighted by Crippen LogP contribution is 2.42. The van der Waals surface area contributed by atoms with E-state index >= 15 is 0 Å². The van der Waals surface area contributed by atoms with E-state index in [1.165, 1.54) is 36.4 Å². The molecule has 0 aliphatic rings. The maximum atomic E-state index is 14.5. The van der Waals surface area contributed by atoms with E-state index in [2.05, 4.69) is 10.3 Å². The van der Waals surface area contributed by atoms with Gasteiger partial charge in [-0.15, -0.1) is 0 Å². The summed E-state index contributed by atoms with van der Waals surface area (Å²) in [6.45, 7) is 3.13. The normalized spacial score (nSPS) is 12.9. The number of non-ortho nitro benzene ring substituents is 1. The second kappa shape index (κ2) is 11.0. The topological polar surface area (TPSA) is 138 Å². The molecule has 35 heavy (non-hydrogen) atoms. The van der Waals surface area contributed by atoms with Crippen molar-refractivity contribution in [2.45, 2.75) is 31.9 Å². The summed E-state index contributed by atoms with van der Waals surface area (Å²) in [7, 11) is 0. The minimum Gasteiger partial charge on any atom is -0.508 e. The zero-order valence-corrected chi connectivity index (χ0v) is 20.1. The molecule has 3 aromatic rings. The van der Waals surface area contributed by atoms with E-state index in [1.54, 1.807) is 6.07 Å². The number of nitrogens with one attached hydrogen (secondary N) is 1. The predicted molar refractivity (Wildman–Crippen MR) is 129 cm³/mol. The molecule has 1 aromatic heterocycles. The number of pyridine rings is 1. The SMILES string of the molecule is CC(C)c1cc(Oc2c(Cl)c(F)nc(N[C@H](CO)[C@@H](O)c3ccc([N+](=O)[O-])cc3)c2Cl)ccc1O. The Kier molecular flexibility index (Phi) is 8.34. The smallest absolute Gasteiger partial charge is 0.269 e. The summed E-state index contributed by atoms with van der Waals surface area (Å²) in [4.78, 5) is 13.9. The first kappa shape index (κ1) is 26.4. The van der Waals surface area contributed by atoms with Gasteiger partial charge in [-0.3, -0.25) is 10.1 Å². The third-order valence-electron chi connectivity index (χ3n) is 5.18. The molecule has 0 radical (unpaired) electrons. The van der Waals surface area contributed by atoms with Crippen LogP contribution in [0.25, 0.3) is 0 Å². The molecule has 1 heterocycles. The van der Waals surface area contributed by atoms with Crippen LogP contribution in [0, 0.1) is 16.1 Å². The number of hydrogen-bond donors (Lipinski definition) is 4. The van der Waals surface area contributed by atoms with Crippen LogP contribution in [0.1, 0.15) is 37.0 Å². The molecular formula is C23H22Cl2FN3O6. The Morgan fingerprint density at radius 3 is 2.40 bits per heavy atom. The van der Waals surface area contributed by atoms with Gasteiger partial charge in [0.25, 0.3) is 5.69 Å². The molecule has 9 nitrogen and oxygen atoms in total. The number of nitro groups is 1. The molecule has 2 atom stereocenters. The molecule has 0 fully saturated rings. The lowest BCUT2D eigenvalue weighted by atomic mass is 10.0. The molecular weight excluding hydrogens is 504 g/mol. The number of aromatic nitrogens is 1. The average Bonchev–Trinajstić information content (AvgIpc) is 2.83. The number of ether oxygens (including phenoxy) is 1. The monoisotopic (exact) mass is 525 g/mol. The molecule has 0 aliphatic heterocycles. The number of hydrogen-bond acceptors (Lipinski definition) is 8. The van der Waals surface area contributed by atoms with Gasteiger partial charge in [-0.1, -0.05) is 37.0 Å². The van der Waals surface area contributed by atoms with Crippen LogP contribution >= 0.6 is 23.2 Å². The van der Waals surface area contributed by atoms with Crippen molar-refractivity contribution in [3.63, 3.8) is 0 Å². The van der Waals surface area contributed by atoms with E-state index in [0.29, 0.717) is 5.56 Å². The lowest BCUT2D eigenvalue weighted by Gasteiger charge is -2.24. The van der Waals surface area contributed by atoms with Crippen LogP contribution in [0.4, 0.5) is 15.9 Å². The van der Waals surface area contributed by atoms with Gasteiger partial charge in [0, 0.05) is 17.7 Å². The summed E-state index contributed by atoms with van der Waals surface area (Å²) in [5.41, 5.74) is 0.680. The molecule has 0 aliphatic carbocycles. The van der Waals surface area contributed by atoms with E-state index in [0.717, 1.165) is 0 Å². The number of halogens is 3. The summed E-state index contributed by atoms with van der Waals surface area (Å²) in [5, 5.41) is 43.3. The van der Waals surface area contributed by atoms with Gasteiger partial charge in [0.15, 0.2) is 11.6 Å². The van der Waals surface area contributed by atoms with Gasteiger partial charge in [-0.05, 0) is 41.8 Å². The quantitative estimate of drug-likeness (QED) is 0.162. The van der Waals surface area contributed by atoms with Gasteiger partial charge >= 0.3 is 0 Å². The van der Waals surface area contributed by atoms with Crippen LogP contribution in [0.3, 0.4) is 0 Å². The van der Waals surface area contributed by atoms with Crippen LogP contribution in [-0.2, 0) is 0 Å². The Morgan fingerprint density at radius 1 is 1.17 bits per heavy atom. The first-order chi connectivity index (χ1) is 16.5. The number of nitro benzene ring substituents is 1. The summed E-state index contributed by atoms with van der Waals surface area (Å²) in [6.07, 6.45) is -1.35. The van der Waals surface area contributed by atoms with Gasteiger partial charge in [-0.25, -0.2) is 0 Å². The van der Waals surface area contributed by atoms with Crippen LogP contribution in [-0.4, -0.2) is 37.9 Å². The number of anilines is 1. The maximum Gasteiger partial charge on any atom is 0.269 e. The zero-order valence-electron chi connectivity index (χ0n) is 18.6. The van der Waals surface area contributed by atoms with Crippen LogP contribution < -0.4 is 10.1 Å². The summed E-state index contributed by atoms with van der Waals surface area (Å²) in [6, 6.07) is 8.39. The van der Waals surface area contributed by atoms with Crippen molar-refractivity contribution >= 4 is 34.7 Å². The Bertz CT molecular complexity index is 1230. The molecule has 0 saturated carbocycles. The lowest BCUT2D eigenvalue weighted by molar-refractivity contribution is -0.384. The predicted octanol–water partition coefficient (Wildman–Crippen LogP) is 5.56. The molecule has 2 aromatic carbocycles. The molecule has 186 valence electrons. The molecule has 0 spiro atoms. The Hall–Kier alpha value is -3.18. The Labute approximate surface area is 209 Å². The van der Waals surface area contributed by atoms with Gasteiger partial charge in [0.2, 0.25) is 5.95 Å². The zero-order chi connectivity index (χ0) is 25.9. The third-order valence-corrected chi connectivity index (χ3v) is 5.86. The Morgan fingerprint density at radius 2 is 1.83 bits per heavy atom. The molecule has 0 unspecified atom stereocenters. The fraction of sp³-hybridized carbons (Fsp3) is 0.261. The van der Waals surface area contributed by atoms with Gasteiger partial charge < -0.3 is 25.4 Å². The van der Waals surface area contributed by atoms with Crippen molar-refractivity contribution < 1.29 is 29.4 Å². The standard InChI is InChI=1S/C23H22Cl2FN3O6/c1-11(2)15-9-14(7-8-17(15)31)35-21-18(24)22(26)28-23(19(21)25)27-16(10-30)20(32)12-3-5-13(6-4-12)29(33)34/h3-9,11,16,20,30-32H,10H2,1-2H3,(H,27,28)/t16-,20+/m1/s1. The van der Waals surface area contributed by atoms with Crippen LogP contribution in [0.15, 0.2) is 42.5 Å². The van der Waals surface area contributed by atoms with Crippen molar-refractivity contribution in [2.75, 3.05) is 11.9 Å². The van der Waals surface area contributed by atoms with Crippen molar-refractivity contribution in [1.29, 1.82) is 0 Å². The Balaban J connectivity index is 1.91. The number of phenolic OH excluding ortho intramolecular Hbond substituents is 1. The van der Waals surface area contributed by atoms with Crippen molar-refractivity contribution in [2.24, 2.45) is 0 Å². The van der Waals surface area contributed by atoms with E-state index in [1.807, 2.05) is 13.8 Å². The van der Waals surface area contributed by atoms with E-state index < -0.39 is 34.6 Å². The van der Waals surface area contributed by atoms with E-state index in [-0.39, 0.29) is 45.3 Å². The first-order valence-electron chi connectivity index (χ1n) is 10.4. The molecule has 0 amide bonds. The molecule has 4 N–H and O–H groups in total. The average molecular weight is 526 g/mol. The largest absolute Gasteiger partial charge is 0.508 e. The number of aromatic hydroxyl groups is 1. The summed E-state index contributed by atoms with van der Waals surface area (Å²) < 4.78 is 20.3. The number of aliphatic hydroxyl groups is 2. The highest BCUT2D eigenvalue weighted by Gasteiger charge is 2.26. The number of nitrogens with zero attached hydrogens (tertiary/aromatic N) is 2. The van der Waals surface area contributed by atoms with Gasteiger partial charge in [0.1, 0.15) is 27.6 Å². The fourth-order valence-electron chi connectivity index (χ4n) is 3.28. The van der Waals surface area contributed by atoms with E-state index in [4.69, 9.17) is 27.9 Å². The number of aliphatic hydroxyl groups excluding tert-OH is 2. The minimum atomic E-state index is -1.35. The molecule has 12 heteroatoms. The molecule has 0 saturated heterocycles. The fourth-order valence-corrected chi connectivity index (χ4v) is 3.73. The van der Waals surface area contributed by atoms with Crippen molar-refractivity contribution in [3.05, 3.63) is 79.7 Å². The first-order valence-corrected chi connectivity index (χ1v) is 11.1. The lowest BCUT2D eigenvalue weighted by Crippen LogP contribution is -2.32. The maximum absolute atomic E-state index is 14.5. The second-order valence-corrected chi connectivity index (χ2v) is 8.67. The number of benzene rings is 2. The minimum absolute atomic E-state index is 0.0258. The summed E-state index contributed by atoms with van der Waals surface area (Å²) >= 11 is 12.4. The highest BCUT2D eigenvalue weighted by atomic mass is 35.5. The molecule has 0 bridgehead atoms. The number of phenols is 1. The van der Waals surface area contributed by atoms with E-state index in [9.17, 15) is 29.8 Å². The van der Waals surface area contributed by atoms with Crippen molar-refractivity contribution in [1.82, 2.24) is 4.98 Å². The van der Waals surface area contributed by atoms with Gasteiger partial charge in [0.05, 0.1) is 17.6 Å². The van der Waals surface area contributed by atoms with Crippen LogP contribution in [0.2, 0.25) is 10.0 Å². The highest BCUT2D eigenvalue weighted by molar-refractivity contribution is 6.38. The summed E-state index contributed by atoms with van der Waals surface area (Å²) in [5.74, 6) is -1.35. The third kappa shape index (κ3) is 5.91. The molecule has 3 rings (SSSR count). The second-order valence-electron chi connectivity index (χ2n) is 7.91. The number of rotatable bonds is 9.